The molecular formula is C15H23NO2. The van der Waals surface area contributed by atoms with E-state index in [9.17, 15) is 4.79 Å². The number of hydrogen-bond acceptors (Lipinski definition) is 3. The molecule has 1 unspecified atom stereocenters. The molecule has 0 saturated carbocycles. The summed E-state index contributed by atoms with van der Waals surface area (Å²) in [5.41, 5.74) is 1.96. The van der Waals surface area contributed by atoms with Gasteiger partial charge in [0.05, 0.1) is 6.04 Å². The number of ketones is 1. The number of methoxy groups -OCH3 is 1. The number of aryl methyl sites for hydroxylation is 1. The fourth-order valence-corrected chi connectivity index (χ4v) is 1.81. The van der Waals surface area contributed by atoms with E-state index in [2.05, 4.69) is 4.90 Å². The van der Waals surface area contributed by atoms with Crippen molar-refractivity contribution in [3.8, 4) is 0 Å². The van der Waals surface area contributed by atoms with Crippen molar-refractivity contribution in [3.63, 3.8) is 0 Å². The lowest BCUT2D eigenvalue weighted by atomic mass is 10.0. The maximum Gasteiger partial charge on any atom is 0.179 e. The molecule has 0 heterocycles. The summed E-state index contributed by atoms with van der Waals surface area (Å²) in [7, 11) is 3.67. The molecule has 1 atom stereocenters. The molecule has 1 aromatic carbocycles. The molecule has 0 spiro atoms. The van der Waals surface area contributed by atoms with Crippen LogP contribution in [-0.2, 0) is 4.74 Å². The van der Waals surface area contributed by atoms with E-state index < -0.39 is 0 Å². The van der Waals surface area contributed by atoms with Gasteiger partial charge in [0.1, 0.15) is 0 Å². The van der Waals surface area contributed by atoms with Crippen LogP contribution < -0.4 is 0 Å². The average molecular weight is 249 g/mol. The van der Waals surface area contributed by atoms with Crippen LogP contribution in [0.4, 0.5) is 0 Å². The monoisotopic (exact) mass is 249 g/mol. The predicted molar refractivity (Wildman–Crippen MR) is 74.1 cm³/mol. The second kappa shape index (κ2) is 7.29. The van der Waals surface area contributed by atoms with Gasteiger partial charge in [0.25, 0.3) is 0 Å². The molecule has 18 heavy (non-hydrogen) atoms. The molecule has 0 N–H and O–H groups in total. The quantitative estimate of drug-likeness (QED) is 0.549. The zero-order valence-electron chi connectivity index (χ0n) is 11.8. The molecule has 0 saturated heterocycles. The van der Waals surface area contributed by atoms with Gasteiger partial charge < -0.3 is 4.74 Å². The van der Waals surface area contributed by atoms with Gasteiger partial charge in [-0.05, 0) is 27.3 Å². The summed E-state index contributed by atoms with van der Waals surface area (Å²) in [6.07, 6.45) is 0.943. The van der Waals surface area contributed by atoms with Crippen LogP contribution >= 0.6 is 0 Å². The van der Waals surface area contributed by atoms with Gasteiger partial charge >= 0.3 is 0 Å². The van der Waals surface area contributed by atoms with Crippen LogP contribution in [-0.4, -0.2) is 44.0 Å². The van der Waals surface area contributed by atoms with E-state index >= 15 is 0 Å². The third-order valence-corrected chi connectivity index (χ3v) is 3.24. The van der Waals surface area contributed by atoms with E-state index in [1.54, 1.807) is 7.11 Å². The van der Waals surface area contributed by atoms with E-state index in [1.165, 1.54) is 5.56 Å². The number of benzene rings is 1. The highest BCUT2D eigenvalue weighted by Gasteiger charge is 2.18. The summed E-state index contributed by atoms with van der Waals surface area (Å²) in [5, 5.41) is 0. The maximum atomic E-state index is 12.3. The SMILES string of the molecule is COCCCN(C)C(C)C(=O)c1ccc(C)cc1. The molecule has 0 fully saturated rings. The number of likely N-dealkylation sites (N-methyl/N-ethyl adjacent to an activating group) is 1. The topological polar surface area (TPSA) is 29.5 Å². The van der Waals surface area contributed by atoms with Crippen molar-refractivity contribution in [3.05, 3.63) is 35.4 Å². The zero-order valence-corrected chi connectivity index (χ0v) is 11.8. The smallest absolute Gasteiger partial charge is 0.179 e. The molecule has 0 aromatic heterocycles. The van der Waals surface area contributed by atoms with Gasteiger partial charge in [0.15, 0.2) is 5.78 Å². The number of hydrogen-bond donors (Lipinski definition) is 0. The van der Waals surface area contributed by atoms with Gasteiger partial charge in [-0.1, -0.05) is 29.8 Å². The zero-order chi connectivity index (χ0) is 13.5. The number of carbonyl (C=O) groups is 1. The fraction of sp³-hybridized carbons (Fsp3) is 0.533. The van der Waals surface area contributed by atoms with E-state index in [0.717, 1.165) is 25.1 Å². The number of carbonyl (C=O) groups excluding carboxylic acids is 1. The molecule has 100 valence electrons. The van der Waals surface area contributed by atoms with Crippen molar-refractivity contribution in [2.24, 2.45) is 0 Å². The molecule has 3 nitrogen and oxygen atoms in total. The first kappa shape index (κ1) is 14.9. The molecule has 0 aliphatic heterocycles. The minimum absolute atomic E-state index is 0.0930. The highest BCUT2D eigenvalue weighted by atomic mass is 16.5. The molecule has 0 aliphatic carbocycles. The maximum absolute atomic E-state index is 12.3. The third-order valence-electron chi connectivity index (χ3n) is 3.24. The van der Waals surface area contributed by atoms with Gasteiger partial charge in [-0.25, -0.2) is 0 Å². The van der Waals surface area contributed by atoms with Crippen LogP contribution in [0.25, 0.3) is 0 Å². The second-order valence-electron chi connectivity index (χ2n) is 4.73. The Morgan fingerprint density at radius 3 is 2.50 bits per heavy atom. The van der Waals surface area contributed by atoms with Crippen molar-refractivity contribution in [2.45, 2.75) is 26.3 Å². The molecule has 1 rings (SSSR count). The number of nitrogens with zero attached hydrogens (tertiary/aromatic N) is 1. The number of rotatable bonds is 7. The van der Waals surface area contributed by atoms with E-state index in [0.29, 0.717) is 0 Å². The third kappa shape index (κ3) is 4.24. The van der Waals surface area contributed by atoms with Crippen molar-refractivity contribution in [1.29, 1.82) is 0 Å². The van der Waals surface area contributed by atoms with E-state index in [4.69, 9.17) is 4.74 Å². The van der Waals surface area contributed by atoms with Gasteiger partial charge in [0, 0.05) is 25.8 Å². The van der Waals surface area contributed by atoms with Gasteiger partial charge in [-0.15, -0.1) is 0 Å². The van der Waals surface area contributed by atoms with Crippen molar-refractivity contribution < 1.29 is 9.53 Å². The van der Waals surface area contributed by atoms with Crippen molar-refractivity contribution in [1.82, 2.24) is 4.90 Å². The molecular weight excluding hydrogens is 226 g/mol. The Bertz CT molecular complexity index is 373. The van der Waals surface area contributed by atoms with Gasteiger partial charge in [-0.2, -0.15) is 0 Å². The van der Waals surface area contributed by atoms with E-state index in [-0.39, 0.29) is 11.8 Å². The Kier molecular flexibility index (Phi) is 6.02. The number of Topliss-reactive ketones (excluding diaryl/α,β-unsaturated/α-hetero) is 1. The highest BCUT2D eigenvalue weighted by Crippen LogP contribution is 2.09. The minimum atomic E-state index is -0.0930. The summed E-state index contributed by atoms with van der Waals surface area (Å²) in [4.78, 5) is 14.3. The van der Waals surface area contributed by atoms with Crippen LogP contribution in [0.5, 0.6) is 0 Å². The molecule has 0 bridgehead atoms. The summed E-state index contributed by atoms with van der Waals surface area (Å²) >= 11 is 0. The second-order valence-corrected chi connectivity index (χ2v) is 4.73. The Hall–Kier alpha value is -1.19. The molecule has 0 radical (unpaired) electrons. The Labute approximate surface area is 110 Å². The first-order valence-electron chi connectivity index (χ1n) is 6.36. The lowest BCUT2D eigenvalue weighted by Gasteiger charge is -2.23. The largest absolute Gasteiger partial charge is 0.385 e. The summed E-state index contributed by atoms with van der Waals surface area (Å²) in [5.74, 6) is 0.176. The first-order chi connectivity index (χ1) is 8.56. The minimum Gasteiger partial charge on any atom is -0.385 e. The predicted octanol–water partition coefficient (Wildman–Crippen LogP) is 2.53. The lowest BCUT2D eigenvalue weighted by Crippen LogP contribution is -2.37. The van der Waals surface area contributed by atoms with Crippen LogP contribution in [0.3, 0.4) is 0 Å². The van der Waals surface area contributed by atoms with Gasteiger partial charge in [0.2, 0.25) is 0 Å². The molecule has 0 aliphatic rings. The lowest BCUT2D eigenvalue weighted by molar-refractivity contribution is 0.0855. The summed E-state index contributed by atoms with van der Waals surface area (Å²) in [6.45, 7) is 5.58. The van der Waals surface area contributed by atoms with Crippen LogP contribution in [0.1, 0.15) is 29.3 Å². The molecule has 0 amide bonds. The van der Waals surface area contributed by atoms with E-state index in [1.807, 2.05) is 45.2 Å². The standard InChI is InChI=1S/C15H23NO2/c1-12-6-8-14(9-7-12)15(17)13(2)16(3)10-5-11-18-4/h6-9,13H,5,10-11H2,1-4H3. The summed E-state index contributed by atoms with van der Waals surface area (Å²) in [6, 6.07) is 7.66. The first-order valence-corrected chi connectivity index (χ1v) is 6.36. The van der Waals surface area contributed by atoms with Crippen molar-refractivity contribution in [2.75, 3.05) is 27.3 Å². The van der Waals surface area contributed by atoms with Gasteiger partial charge in [-0.3, -0.25) is 9.69 Å². The van der Waals surface area contributed by atoms with Crippen molar-refractivity contribution >= 4 is 5.78 Å². The van der Waals surface area contributed by atoms with Crippen LogP contribution in [0.2, 0.25) is 0 Å². The normalized spacial score (nSPS) is 12.7. The van der Waals surface area contributed by atoms with Crippen LogP contribution in [0, 0.1) is 6.92 Å². The highest BCUT2D eigenvalue weighted by molar-refractivity contribution is 5.99. The molecule has 1 aromatic rings. The molecule has 3 heteroatoms. The Morgan fingerprint density at radius 2 is 1.94 bits per heavy atom. The average Bonchev–Trinajstić information content (AvgIpc) is 2.38. The van der Waals surface area contributed by atoms with Crippen LogP contribution in [0.15, 0.2) is 24.3 Å². The number of ether oxygens (including phenoxy) is 1. The summed E-state index contributed by atoms with van der Waals surface area (Å²) < 4.78 is 5.02. The Balaban J connectivity index is 2.57. The Morgan fingerprint density at radius 1 is 1.33 bits per heavy atom. The fourth-order valence-electron chi connectivity index (χ4n) is 1.81.